The largest absolute Gasteiger partial charge is 0.497 e. The van der Waals surface area contributed by atoms with Crippen molar-refractivity contribution in [2.45, 2.75) is 25.7 Å². The summed E-state index contributed by atoms with van der Waals surface area (Å²) in [4.78, 5) is 12.4. The molecule has 2 aromatic carbocycles. The first kappa shape index (κ1) is 16.1. The van der Waals surface area contributed by atoms with E-state index in [0.29, 0.717) is 12.8 Å². The number of ketones is 1. The van der Waals surface area contributed by atoms with Gasteiger partial charge < -0.3 is 9.47 Å². The minimum atomic E-state index is -0.136. The number of hydrogen-bond donors (Lipinski definition) is 0. The first-order chi connectivity index (χ1) is 10.7. The van der Waals surface area contributed by atoms with E-state index in [0.717, 1.165) is 22.6 Å². The number of Topliss-reactive ketones (excluding diaryl/α,β-unsaturated/α-hetero) is 1. The van der Waals surface area contributed by atoms with Crippen molar-refractivity contribution in [3.05, 3.63) is 59.7 Å². The number of ether oxygens (including phenoxy) is 2. The van der Waals surface area contributed by atoms with Gasteiger partial charge in [-0.3, -0.25) is 4.79 Å². The Kier molecular flexibility index (Phi) is 5.59. The molecule has 2 aromatic rings. The Hall–Kier alpha value is -2.29. The van der Waals surface area contributed by atoms with Gasteiger partial charge in [-0.2, -0.15) is 0 Å². The van der Waals surface area contributed by atoms with Crippen molar-refractivity contribution >= 4 is 5.78 Å². The molecule has 0 aliphatic carbocycles. The van der Waals surface area contributed by atoms with Crippen LogP contribution in [-0.4, -0.2) is 20.0 Å². The first-order valence-electron chi connectivity index (χ1n) is 7.47. The molecule has 0 N–H and O–H groups in total. The maximum atomic E-state index is 12.4. The third-order valence-electron chi connectivity index (χ3n) is 3.83. The summed E-state index contributed by atoms with van der Waals surface area (Å²) in [5, 5.41) is 0. The summed E-state index contributed by atoms with van der Waals surface area (Å²) in [5.41, 5.74) is 2.12. The van der Waals surface area contributed by atoms with Gasteiger partial charge in [0.15, 0.2) is 0 Å². The van der Waals surface area contributed by atoms with Gasteiger partial charge in [0, 0.05) is 12.3 Å². The molecule has 116 valence electrons. The van der Waals surface area contributed by atoms with E-state index in [1.807, 2.05) is 55.5 Å². The molecule has 0 spiro atoms. The predicted molar refractivity (Wildman–Crippen MR) is 87.7 cm³/mol. The summed E-state index contributed by atoms with van der Waals surface area (Å²) >= 11 is 0. The molecule has 1 atom stereocenters. The molecule has 0 saturated carbocycles. The van der Waals surface area contributed by atoms with E-state index in [-0.39, 0.29) is 11.7 Å². The molecule has 0 amide bonds. The quantitative estimate of drug-likeness (QED) is 0.775. The fourth-order valence-corrected chi connectivity index (χ4v) is 2.54. The summed E-state index contributed by atoms with van der Waals surface area (Å²) in [6.07, 6.45) is 1.21. The van der Waals surface area contributed by atoms with Crippen molar-refractivity contribution in [2.75, 3.05) is 14.2 Å². The van der Waals surface area contributed by atoms with E-state index in [1.54, 1.807) is 14.2 Å². The smallest absolute Gasteiger partial charge is 0.140 e. The Morgan fingerprint density at radius 3 is 2.27 bits per heavy atom. The number of hydrogen-bond acceptors (Lipinski definition) is 3. The van der Waals surface area contributed by atoms with Crippen LogP contribution in [0.2, 0.25) is 0 Å². The second-order valence-corrected chi connectivity index (χ2v) is 5.20. The lowest BCUT2D eigenvalue weighted by atomic mass is 9.87. The van der Waals surface area contributed by atoms with Gasteiger partial charge >= 0.3 is 0 Å². The van der Waals surface area contributed by atoms with E-state index < -0.39 is 0 Å². The van der Waals surface area contributed by atoms with E-state index >= 15 is 0 Å². The number of benzene rings is 2. The van der Waals surface area contributed by atoms with Gasteiger partial charge in [0.05, 0.1) is 14.2 Å². The van der Waals surface area contributed by atoms with Gasteiger partial charge in [-0.1, -0.05) is 31.2 Å². The van der Waals surface area contributed by atoms with Gasteiger partial charge in [-0.25, -0.2) is 0 Å². The average molecular weight is 298 g/mol. The second kappa shape index (κ2) is 7.64. The Bertz CT molecular complexity index is 617. The Morgan fingerprint density at radius 2 is 1.68 bits per heavy atom. The van der Waals surface area contributed by atoms with Crippen LogP contribution in [0.3, 0.4) is 0 Å². The molecule has 2 rings (SSSR count). The number of carbonyl (C=O) groups excluding carboxylic acids is 1. The van der Waals surface area contributed by atoms with E-state index in [1.165, 1.54) is 0 Å². The van der Waals surface area contributed by atoms with Gasteiger partial charge in [0.25, 0.3) is 0 Å². The van der Waals surface area contributed by atoms with Crippen LogP contribution < -0.4 is 9.47 Å². The fourth-order valence-electron chi connectivity index (χ4n) is 2.54. The third kappa shape index (κ3) is 3.88. The monoisotopic (exact) mass is 298 g/mol. The molecule has 0 aromatic heterocycles. The molecule has 3 heteroatoms. The van der Waals surface area contributed by atoms with Crippen LogP contribution in [0, 0.1) is 0 Å². The third-order valence-corrected chi connectivity index (χ3v) is 3.83. The minimum absolute atomic E-state index is 0.136. The van der Waals surface area contributed by atoms with Gasteiger partial charge in [-0.05, 0) is 41.8 Å². The molecule has 0 radical (unpaired) electrons. The summed E-state index contributed by atoms with van der Waals surface area (Å²) in [6.45, 7) is 1.91. The fraction of sp³-hybridized carbons (Fsp3) is 0.316. The lowest BCUT2D eigenvalue weighted by Crippen LogP contribution is -2.14. The van der Waals surface area contributed by atoms with Crippen molar-refractivity contribution in [1.29, 1.82) is 0 Å². The zero-order valence-corrected chi connectivity index (χ0v) is 13.3. The van der Waals surface area contributed by atoms with Gasteiger partial charge in [-0.15, -0.1) is 0 Å². The van der Waals surface area contributed by atoms with Crippen molar-refractivity contribution < 1.29 is 14.3 Å². The molecule has 0 unspecified atom stereocenters. The van der Waals surface area contributed by atoms with E-state index in [4.69, 9.17) is 9.47 Å². The predicted octanol–water partition coefficient (Wildman–Crippen LogP) is 4.01. The van der Waals surface area contributed by atoms with Crippen LogP contribution in [-0.2, 0) is 11.2 Å². The number of methoxy groups -OCH3 is 2. The van der Waals surface area contributed by atoms with Gasteiger partial charge in [0.1, 0.15) is 17.3 Å². The van der Waals surface area contributed by atoms with Crippen LogP contribution in [0.15, 0.2) is 48.5 Å². The van der Waals surface area contributed by atoms with Crippen LogP contribution in [0.5, 0.6) is 11.5 Å². The molecular weight excluding hydrogens is 276 g/mol. The molecule has 0 aliphatic rings. The highest BCUT2D eigenvalue weighted by Crippen LogP contribution is 2.26. The summed E-state index contributed by atoms with van der Waals surface area (Å²) in [7, 11) is 3.29. The van der Waals surface area contributed by atoms with Gasteiger partial charge in [0.2, 0.25) is 0 Å². The maximum Gasteiger partial charge on any atom is 0.140 e. The standard InChI is InChI=1S/C19H22O3/c1-4-19(20)18(15-8-10-16(21-2)11-9-15)13-14-6-5-7-17(12-14)22-3/h5-12,18H,4,13H2,1-3H3/t18-/m0/s1. The highest BCUT2D eigenvalue weighted by Gasteiger charge is 2.19. The summed E-state index contributed by atoms with van der Waals surface area (Å²) in [5.74, 6) is 1.72. The maximum absolute atomic E-state index is 12.4. The summed E-state index contributed by atoms with van der Waals surface area (Å²) in [6, 6.07) is 15.6. The molecule has 22 heavy (non-hydrogen) atoms. The average Bonchev–Trinajstić information content (AvgIpc) is 2.59. The lowest BCUT2D eigenvalue weighted by Gasteiger charge is -2.16. The SMILES string of the molecule is CCC(=O)[C@@H](Cc1cccc(OC)c1)c1ccc(OC)cc1. The van der Waals surface area contributed by atoms with Crippen LogP contribution in [0.1, 0.15) is 30.4 Å². The summed E-state index contributed by atoms with van der Waals surface area (Å²) < 4.78 is 10.4. The molecule has 0 bridgehead atoms. The molecule has 0 saturated heterocycles. The van der Waals surface area contributed by atoms with E-state index in [9.17, 15) is 4.79 Å². The first-order valence-corrected chi connectivity index (χ1v) is 7.47. The Labute approximate surface area is 131 Å². The Morgan fingerprint density at radius 1 is 1.00 bits per heavy atom. The molecule has 0 aliphatic heterocycles. The minimum Gasteiger partial charge on any atom is -0.497 e. The van der Waals surface area contributed by atoms with Crippen molar-refractivity contribution in [2.24, 2.45) is 0 Å². The number of rotatable bonds is 7. The van der Waals surface area contributed by atoms with Crippen molar-refractivity contribution in [3.63, 3.8) is 0 Å². The normalized spacial score (nSPS) is 11.8. The van der Waals surface area contributed by atoms with Crippen LogP contribution >= 0.6 is 0 Å². The highest BCUT2D eigenvalue weighted by atomic mass is 16.5. The van der Waals surface area contributed by atoms with Crippen molar-refractivity contribution in [1.82, 2.24) is 0 Å². The Balaban J connectivity index is 2.27. The van der Waals surface area contributed by atoms with E-state index in [2.05, 4.69) is 0 Å². The van der Waals surface area contributed by atoms with Crippen LogP contribution in [0.4, 0.5) is 0 Å². The zero-order valence-electron chi connectivity index (χ0n) is 13.3. The second-order valence-electron chi connectivity index (χ2n) is 5.20. The van der Waals surface area contributed by atoms with Crippen molar-refractivity contribution in [3.8, 4) is 11.5 Å². The molecule has 0 heterocycles. The topological polar surface area (TPSA) is 35.5 Å². The zero-order chi connectivity index (χ0) is 15.9. The lowest BCUT2D eigenvalue weighted by molar-refractivity contribution is -0.120. The van der Waals surface area contributed by atoms with Crippen LogP contribution in [0.25, 0.3) is 0 Å². The highest BCUT2D eigenvalue weighted by molar-refractivity contribution is 5.85. The molecular formula is C19H22O3. The number of carbonyl (C=O) groups is 1. The molecule has 0 fully saturated rings. The molecule has 3 nitrogen and oxygen atoms in total.